The highest BCUT2D eigenvalue weighted by Gasteiger charge is 2.04. The van der Waals surface area contributed by atoms with Gasteiger partial charge in [-0.2, -0.15) is 0 Å². The summed E-state index contributed by atoms with van der Waals surface area (Å²) in [6.07, 6.45) is 0. The van der Waals surface area contributed by atoms with Gasteiger partial charge in [0, 0.05) is 16.3 Å². The van der Waals surface area contributed by atoms with Crippen LogP contribution in [0.2, 0.25) is 0 Å². The van der Waals surface area contributed by atoms with Crippen molar-refractivity contribution in [3.63, 3.8) is 0 Å². The van der Waals surface area contributed by atoms with Crippen LogP contribution in [-0.4, -0.2) is 17.3 Å². The fraction of sp³-hybridized carbons (Fsp3) is 0.267. The first-order valence-corrected chi connectivity index (χ1v) is 7.65. The number of halogens is 1. The molecule has 2 rings (SSSR count). The zero-order valence-electron chi connectivity index (χ0n) is 10.8. The van der Waals surface area contributed by atoms with Crippen LogP contribution in [0.1, 0.15) is 11.4 Å². The highest BCUT2D eigenvalue weighted by molar-refractivity contribution is 7.99. The average molecular weight is 294 g/mol. The number of pyridine rings is 1. The van der Waals surface area contributed by atoms with Gasteiger partial charge in [-0.1, -0.05) is 18.2 Å². The van der Waals surface area contributed by atoms with Gasteiger partial charge in [0.2, 0.25) is 0 Å². The zero-order valence-corrected chi connectivity index (χ0v) is 12.4. The van der Waals surface area contributed by atoms with Gasteiger partial charge in [0.25, 0.3) is 0 Å². The number of ether oxygens (including phenoxy) is 1. The van der Waals surface area contributed by atoms with Crippen molar-refractivity contribution < 1.29 is 4.74 Å². The fourth-order valence-corrected chi connectivity index (χ4v) is 2.60. The van der Waals surface area contributed by atoms with Crippen molar-refractivity contribution in [1.29, 1.82) is 0 Å². The molecule has 1 aromatic heterocycles. The molecule has 100 valence electrons. The molecule has 1 heterocycles. The summed E-state index contributed by atoms with van der Waals surface area (Å²) >= 11 is 7.64. The van der Waals surface area contributed by atoms with Crippen molar-refractivity contribution in [2.75, 3.05) is 12.4 Å². The van der Waals surface area contributed by atoms with Crippen LogP contribution in [-0.2, 0) is 5.88 Å². The van der Waals surface area contributed by atoms with Crippen molar-refractivity contribution in [1.82, 2.24) is 4.98 Å². The summed E-state index contributed by atoms with van der Waals surface area (Å²) in [5.41, 5.74) is 1.77. The first-order chi connectivity index (χ1) is 9.29. The van der Waals surface area contributed by atoms with Gasteiger partial charge in [0.05, 0.1) is 18.2 Å². The van der Waals surface area contributed by atoms with Crippen molar-refractivity contribution in [3.8, 4) is 5.75 Å². The van der Waals surface area contributed by atoms with Crippen molar-refractivity contribution in [3.05, 3.63) is 53.9 Å². The predicted molar refractivity (Wildman–Crippen MR) is 81.2 cm³/mol. The second kappa shape index (κ2) is 7.41. The lowest BCUT2D eigenvalue weighted by atomic mass is 10.3. The Kier molecular flexibility index (Phi) is 5.55. The lowest BCUT2D eigenvalue weighted by Crippen LogP contribution is -2.03. The van der Waals surface area contributed by atoms with Crippen molar-refractivity contribution >= 4 is 23.4 Å². The number of hydrogen-bond acceptors (Lipinski definition) is 3. The van der Waals surface area contributed by atoms with Gasteiger partial charge >= 0.3 is 0 Å². The van der Waals surface area contributed by atoms with E-state index >= 15 is 0 Å². The molecule has 0 atom stereocenters. The summed E-state index contributed by atoms with van der Waals surface area (Å²) in [7, 11) is 0. The van der Waals surface area contributed by atoms with Gasteiger partial charge < -0.3 is 4.74 Å². The Morgan fingerprint density at radius 1 is 1.16 bits per heavy atom. The van der Waals surface area contributed by atoms with Crippen LogP contribution < -0.4 is 4.74 Å². The molecular formula is C15H16ClNOS. The molecule has 0 aliphatic carbocycles. The number of rotatable bonds is 6. The van der Waals surface area contributed by atoms with Gasteiger partial charge in [0.1, 0.15) is 5.75 Å². The third-order valence-corrected chi connectivity index (χ3v) is 3.78. The van der Waals surface area contributed by atoms with E-state index in [1.54, 1.807) is 11.8 Å². The molecule has 0 aliphatic heterocycles. The van der Waals surface area contributed by atoms with E-state index in [9.17, 15) is 0 Å². The Morgan fingerprint density at radius 2 is 1.95 bits per heavy atom. The largest absolute Gasteiger partial charge is 0.491 e. The first-order valence-electron chi connectivity index (χ1n) is 6.12. The Morgan fingerprint density at radius 3 is 2.68 bits per heavy atom. The van der Waals surface area contributed by atoms with Gasteiger partial charge in [-0.3, -0.25) is 4.98 Å². The maximum atomic E-state index is 5.87. The van der Waals surface area contributed by atoms with Crippen LogP contribution in [0.25, 0.3) is 0 Å². The summed E-state index contributed by atoms with van der Waals surface area (Å²) in [6, 6.07) is 14.2. The quantitative estimate of drug-likeness (QED) is 0.450. The van der Waals surface area contributed by atoms with E-state index < -0.39 is 0 Å². The van der Waals surface area contributed by atoms with E-state index in [1.807, 2.05) is 37.3 Å². The van der Waals surface area contributed by atoms with E-state index in [0.29, 0.717) is 12.5 Å². The number of hydrogen-bond donors (Lipinski definition) is 0. The molecule has 19 heavy (non-hydrogen) atoms. The molecule has 0 radical (unpaired) electrons. The van der Waals surface area contributed by atoms with Crippen LogP contribution in [0.5, 0.6) is 5.75 Å². The summed E-state index contributed by atoms with van der Waals surface area (Å²) in [6.45, 7) is 2.60. The van der Waals surface area contributed by atoms with E-state index in [2.05, 4.69) is 17.1 Å². The summed E-state index contributed by atoms with van der Waals surface area (Å²) < 4.78 is 5.74. The van der Waals surface area contributed by atoms with Crippen LogP contribution in [0.15, 0.2) is 47.4 Å². The maximum Gasteiger partial charge on any atom is 0.142 e. The summed E-state index contributed by atoms with van der Waals surface area (Å²) in [5, 5.41) is 0. The third-order valence-electron chi connectivity index (χ3n) is 2.55. The van der Waals surface area contributed by atoms with Crippen LogP contribution in [0.3, 0.4) is 0 Å². The minimum Gasteiger partial charge on any atom is -0.491 e. The molecule has 0 bridgehead atoms. The Labute approximate surface area is 123 Å². The molecule has 2 aromatic rings. The second-order valence-corrected chi connectivity index (χ2v) is 5.48. The normalized spacial score (nSPS) is 10.4. The number of thioether (sulfide) groups is 1. The van der Waals surface area contributed by atoms with E-state index in [-0.39, 0.29) is 0 Å². The molecule has 0 saturated carbocycles. The molecule has 0 saturated heterocycles. The molecule has 0 fully saturated rings. The number of benzene rings is 1. The van der Waals surface area contributed by atoms with Crippen molar-refractivity contribution in [2.24, 2.45) is 0 Å². The molecule has 0 spiro atoms. The minimum atomic E-state index is 0.378. The number of aryl methyl sites for hydroxylation is 1. The van der Waals surface area contributed by atoms with E-state index in [1.165, 1.54) is 4.90 Å². The molecule has 0 amide bonds. The van der Waals surface area contributed by atoms with Crippen LogP contribution in [0, 0.1) is 6.92 Å². The summed E-state index contributed by atoms with van der Waals surface area (Å²) in [4.78, 5) is 5.62. The molecule has 2 nitrogen and oxygen atoms in total. The van der Waals surface area contributed by atoms with E-state index in [4.69, 9.17) is 16.3 Å². The molecular weight excluding hydrogens is 278 g/mol. The maximum absolute atomic E-state index is 5.87. The first kappa shape index (κ1) is 14.2. The highest BCUT2D eigenvalue weighted by atomic mass is 35.5. The highest BCUT2D eigenvalue weighted by Crippen LogP contribution is 2.20. The number of nitrogens with zero attached hydrogens (tertiary/aromatic N) is 1. The Hall–Kier alpha value is -1.19. The van der Waals surface area contributed by atoms with Gasteiger partial charge in [-0.25, -0.2) is 0 Å². The molecule has 1 aromatic carbocycles. The van der Waals surface area contributed by atoms with Gasteiger partial charge in [-0.05, 0) is 31.2 Å². The zero-order chi connectivity index (χ0) is 13.5. The second-order valence-electron chi connectivity index (χ2n) is 4.04. The fourth-order valence-electron chi connectivity index (χ4n) is 1.65. The smallest absolute Gasteiger partial charge is 0.142 e. The van der Waals surface area contributed by atoms with Crippen LogP contribution in [0.4, 0.5) is 0 Å². The van der Waals surface area contributed by atoms with Crippen LogP contribution >= 0.6 is 23.4 Å². The monoisotopic (exact) mass is 293 g/mol. The number of alkyl halides is 1. The third kappa shape index (κ3) is 4.44. The minimum absolute atomic E-state index is 0.378. The van der Waals surface area contributed by atoms with E-state index in [0.717, 1.165) is 22.9 Å². The lowest BCUT2D eigenvalue weighted by molar-refractivity contribution is 0.339. The van der Waals surface area contributed by atoms with Gasteiger partial charge in [0.15, 0.2) is 0 Å². The Bertz CT molecular complexity index is 519. The SMILES string of the molecule is Cc1ccc(OCCSc2ccccc2)c(CCl)n1. The lowest BCUT2D eigenvalue weighted by Gasteiger charge is -2.09. The topological polar surface area (TPSA) is 22.1 Å². The molecule has 4 heteroatoms. The Balaban J connectivity index is 1.83. The van der Waals surface area contributed by atoms with Gasteiger partial charge in [-0.15, -0.1) is 23.4 Å². The predicted octanol–water partition coefficient (Wildman–Crippen LogP) is 4.30. The standard InChI is InChI=1S/C15H16ClNOS/c1-12-7-8-15(14(11-16)17-12)18-9-10-19-13-5-3-2-4-6-13/h2-8H,9-11H2,1H3. The van der Waals surface area contributed by atoms with Crippen molar-refractivity contribution in [2.45, 2.75) is 17.7 Å². The molecule has 0 aliphatic rings. The average Bonchev–Trinajstić information content (AvgIpc) is 2.46. The molecule has 0 N–H and O–H groups in total. The summed E-state index contributed by atoms with van der Waals surface area (Å²) in [5.74, 6) is 2.07. The number of aromatic nitrogens is 1. The molecule has 0 unspecified atom stereocenters.